The summed E-state index contributed by atoms with van der Waals surface area (Å²) >= 11 is 0. The van der Waals surface area contributed by atoms with Crippen molar-refractivity contribution in [3.63, 3.8) is 0 Å². The fourth-order valence-corrected chi connectivity index (χ4v) is 4.49. The molecule has 214 valence electrons. The van der Waals surface area contributed by atoms with Gasteiger partial charge in [-0.05, 0) is 25.1 Å². The number of ether oxygens (including phenoxy) is 4. The maximum atomic E-state index is 14.0. The second-order valence-electron chi connectivity index (χ2n) is 9.24. The average molecular weight is 571 g/mol. The van der Waals surface area contributed by atoms with Crippen LogP contribution in [0.1, 0.15) is 39.0 Å². The molecule has 1 fully saturated rings. The maximum Gasteiger partial charge on any atom is 0.511 e. The number of carbonyl (C=O) groups excluding carboxylic acids is 3. The molecule has 0 radical (unpaired) electrons. The van der Waals surface area contributed by atoms with Crippen LogP contribution < -0.4 is 15.5 Å². The quantitative estimate of drug-likeness (QED) is 0.319. The van der Waals surface area contributed by atoms with E-state index in [9.17, 15) is 28.0 Å². The van der Waals surface area contributed by atoms with Gasteiger partial charge in [0.25, 0.3) is 11.8 Å². The molecule has 4 heterocycles. The molecule has 2 aromatic heterocycles. The van der Waals surface area contributed by atoms with Gasteiger partial charge in [0.15, 0.2) is 11.9 Å². The first-order valence-corrected chi connectivity index (χ1v) is 12.5. The summed E-state index contributed by atoms with van der Waals surface area (Å²) in [6.45, 7) is 0.814. The van der Waals surface area contributed by atoms with Crippen molar-refractivity contribution in [2.75, 3.05) is 13.4 Å². The molecule has 2 atom stereocenters. The van der Waals surface area contributed by atoms with E-state index in [0.29, 0.717) is 11.8 Å². The van der Waals surface area contributed by atoms with Gasteiger partial charge in [0.1, 0.15) is 23.8 Å². The number of hydrogen-bond acceptors (Lipinski definition) is 9. The highest BCUT2D eigenvalue weighted by molar-refractivity contribution is 5.99. The van der Waals surface area contributed by atoms with Gasteiger partial charge in [-0.2, -0.15) is 0 Å². The smallest absolute Gasteiger partial charge is 0.451 e. The van der Waals surface area contributed by atoms with Gasteiger partial charge in [0.05, 0.1) is 24.9 Å². The van der Waals surface area contributed by atoms with E-state index in [1.165, 1.54) is 21.9 Å². The Bertz CT molecular complexity index is 1550. The van der Waals surface area contributed by atoms with Gasteiger partial charge in [0, 0.05) is 30.6 Å². The van der Waals surface area contributed by atoms with Gasteiger partial charge in [0.2, 0.25) is 18.0 Å². The second-order valence-corrected chi connectivity index (χ2v) is 9.24. The number of halogens is 2. The number of nitrogens with zero attached hydrogens (tertiary/aromatic N) is 3. The molecule has 5 rings (SSSR count). The Kier molecular flexibility index (Phi) is 7.92. The number of hydrogen-bond donors (Lipinski definition) is 1. The predicted molar refractivity (Wildman–Crippen MR) is 135 cm³/mol. The van der Waals surface area contributed by atoms with Gasteiger partial charge in [-0.25, -0.2) is 13.6 Å². The van der Waals surface area contributed by atoms with E-state index in [2.05, 4.69) is 10.3 Å². The SMILES string of the molecule is CC1COC2Cn3cc(C(=O)NCc4ccc(F)cc4F)c(=O)c(OCOC(=O)OCc4ccccn4)c3C(=O)N12. The minimum atomic E-state index is -1.12. The highest BCUT2D eigenvalue weighted by atomic mass is 19.1. The molecule has 1 aromatic carbocycles. The lowest BCUT2D eigenvalue weighted by molar-refractivity contribution is -0.00416. The van der Waals surface area contributed by atoms with Crippen LogP contribution in [-0.2, 0) is 33.9 Å². The van der Waals surface area contributed by atoms with Gasteiger partial charge in [-0.1, -0.05) is 12.1 Å². The van der Waals surface area contributed by atoms with E-state index in [-0.39, 0.29) is 43.6 Å². The van der Waals surface area contributed by atoms with Gasteiger partial charge >= 0.3 is 6.16 Å². The van der Waals surface area contributed by atoms with E-state index in [1.54, 1.807) is 25.1 Å². The highest BCUT2D eigenvalue weighted by Crippen LogP contribution is 2.30. The van der Waals surface area contributed by atoms with Crippen molar-refractivity contribution in [3.05, 3.63) is 93.2 Å². The summed E-state index contributed by atoms with van der Waals surface area (Å²) in [6.07, 6.45) is 0.955. The molecule has 2 unspecified atom stereocenters. The molecular weight excluding hydrogens is 546 g/mol. The number of benzene rings is 1. The monoisotopic (exact) mass is 570 g/mol. The van der Waals surface area contributed by atoms with E-state index in [0.717, 1.165) is 12.1 Å². The second kappa shape index (κ2) is 11.7. The molecule has 2 aliphatic rings. The van der Waals surface area contributed by atoms with Crippen LogP contribution in [0.5, 0.6) is 5.75 Å². The minimum Gasteiger partial charge on any atom is -0.451 e. The lowest BCUT2D eigenvalue weighted by Gasteiger charge is -2.34. The molecule has 2 amide bonds. The third kappa shape index (κ3) is 5.87. The molecular formula is C27H24F2N4O8. The van der Waals surface area contributed by atoms with Crippen LogP contribution in [0.3, 0.4) is 0 Å². The molecule has 14 heteroatoms. The third-order valence-corrected chi connectivity index (χ3v) is 6.49. The fraction of sp³-hybridized carbons (Fsp3) is 0.296. The van der Waals surface area contributed by atoms with Gasteiger partial charge in [-0.3, -0.25) is 19.4 Å². The van der Waals surface area contributed by atoms with Crippen molar-refractivity contribution in [1.29, 1.82) is 0 Å². The van der Waals surface area contributed by atoms with Gasteiger partial charge < -0.3 is 33.7 Å². The number of nitrogens with one attached hydrogen (secondary N) is 1. The average Bonchev–Trinajstić information content (AvgIpc) is 3.33. The fourth-order valence-electron chi connectivity index (χ4n) is 4.49. The number of carbonyl (C=O) groups is 3. The van der Waals surface area contributed by atoms with E-state index >= 15 is 0 Å². The van der Waals surface area contributed by atoms with Crippen LogP contribution in [0, 0.1) is 11.6 Å². The Labute approximate surface area is 231 Å². The van der Waals surface area contributed by atoms with Crippen LogP contribution in [0.2, 0.25) is 0 Å². The molecule has 1 N–H and O–H groups in total. The van der Waals surface area contributed by atoms with Crippen molar-refractivity contribution in [2.45, 2.75) is 38.9 Å². The molecule has 0 bridgehead atoms. The standard InChI is InChI=1S/C27H24F2N4O8/c1-15-12-38-21-11-32-10-19(25(35)31-9-16-5-6-17(28)8-20(16)29)23(34)24(22(32)26(36)33(15)21)40-14-41-27(37)39-13-18-4-2-3-7-30-18/h2-8,10,15,21H,9,11-14H2,1H3,(H,31,35). The first-order valence-electron chi connectivity index (χ1n) is 12.5. The number of aromatic nitrogens is 2. The van der Waals surface area contributed by atoms with Crippen LogP contribution in [0.4, 0.5) is 13.6 Å². The highest BCUT2D eigenvalue weighted by Gasteiger charge is 2.43. The Hall–Kier alpha value is -4.85. The molecule has 12 nitrogen and oxygen atoms in total. The van der Waals surface area contributed by atoms with E-state index in [1.807, 2.05) is 0 Å². The molecule has 0 spiro atoms. The van der Waals surface area contributed by atoms with Crippen molar-refractivity contribution in [1.82, 2.24) is 19.8 Å². The first-order chi connectivity index (χ1) is 19.7. The largest absolute Gasteiger partial charge is 0.511 e. The zero-order valence-electron chi connectivity index (χ0n) is 21.7. The Morgan fingerprint density at radius 3 is 2.76 bits per heavy atom. The van der Waals surface area contributed by atoms with Crippen molar-refractivity contribution in [3.8, 4) is 5.75 Å². The summed E-state index contributed by atoms with van der Waals surface area (Å²) in [6, 6.07) is 7.63. The summed E-state index contributed by atoms with van der Waals surface area (Å²) < 4.78 is 49.6. The first kappa shape index (κ1) is 27.7. The zero-order chi connectivity index (χ0) is 29.1. The summed E-state index contributed by atoms with van der Waals surface area (Å²) in [7, 11) is 0. The summed E-state index contributed by atoms with van der Waals surface area (Å²) in [5.74, 6) is -3.65. The third-order valence-electron chi connectivity index (χ3n) is 6.49. The molecule has 3 aromatic rings. The van der Waals surface area contributed by atoms with Gasteiger partial charge in [-0.15, -0.1) is 0 Å². The number of amides is 2. The number of rotatable bonds is 8. The van der Waals surface area contributed by atoms with Crippen molar-refractivity contribution in [2.24, 2.45) is 0 Å². The lowest BCUT2D eigenvalue weighted by atomic mass is 10.1. The predicted octanol–water partition coefficient (Wildman–Crippen LogP) is 2.34. The molecule has 1 saturated heterocycles. The molecule has 41 heavy (non-hydrogen) atoms. The minimum absolute atomic E-state index is 0.00827. The topological polar surface area (TPSA) is 138 Å². The van der Waals surface area contributed by atoms with Crippen LogP contribution in [0.15, 0.2) is 53.6 Å². The Balaban J connectivity index is 1.36. The molecule has 0 aliphatic carbocycles. The summed E-state index contributed by atoms with van der Waals surface area (Å²) in [5, 5.41) is 2.41. The Morgan fingerprint density at radius 1 is 1.17 bits per heavy atom. The van der Waals surface area contributed by atoms with Crippen LogP contribution in [-0.4, -0.2) is 58.1 Å². The zero-order valence-corrected chi connectivity index (χ0v) is 21.7. The number of fused-ring (bicyclic) bond motifs is 2. The molecule has 0 saturated carbocycles. The van der Waals surface area contributed by atoms with Crippen molar-refractivity contribution < 1.29 is 42.1 Å². The molecule has 2 aliphatic heterocycles. The Morgan fingerprint density at radius 2 is 2.00 bits per heavy atom. The number of pyridine rings is 2. The summed E-state index contributed by atoms with van der Waals surface area (Å²) in [4.78, 5) is 57.3. The maximum absolute atomic E-state index is 14.0. The normalized spacial score (nSPS) is 17.4. The van der Waals surface area contributed by atoms with E-state index in [4.69, 9.17) is 18.9 Å². The van der Waals surface area contributed by atoms with Crippen LogP contribution in [0.25, 0.3) is 0 Å². The lowest BCUT2D eigenvalue weighted by Crippen LogP contribution is -2.49. The van der Waals surface area contributed by atoms with Crippen LogP contribution >= 0.6 is 0 Å². The van der Waals surface area contributed by atoms with E-state index < -0.39 is 59.4 Å². The van der Waals surface area contributed by atoms with Crippen molar-refractivity contribution >= 4 is 18.0 Å². The summed E-state index contributed by atoms with van der Waals surface area (Å²) in [5.41, 5.74) is -1.07.